The summed E-state index contributed by atoms with van der Waals surface area (Å²) in [5, 5.41) is 8.59. The fraction of sp³-hybridized carbons (Fsp3) is 0.0175. The van der Waals surface area contributed by atoms with E-state index in [9.17, 15) is 0 Å². The SMILES string of the molecule is c1ccc(C2=NC(c3ccccc3-n3c4ccccc4c4c(-c5cc(-c6ccccc6)cc6c5c5ccccc5n6-c5ccccc5)cccc43)NC(c3ccccc3)=N2)cc1. The second kappa shape index (κ2) is 14.8. The Morgan fingerprint density at radius 3 is 1.65 bits per heavy atom. The molecular weight excluding hydrogens is 755 g/mol. The summed E-state index contributed by atoms with van der Waals surface area (Å²) in [6, 6.07) is 80.0. The van der Waals surface area contributed by atoms with E-state index < -0.39 is 6.17 Å². The third kappa shape index (κ3) is 5.86. The quantitative estimate of drug-likeness (QED) is 0.172. The molecule has 62 heavy (non-hydrogen) atoms. The molecule has 9 aromatic carbocycles. The summed E-state index contributed by atoms with van der Waals surface area (Å²) in [6.07, 6.45) is -0.403. The van der Waals surface area contributed by atoms with Crippen molar-refractivity contribution in [2.75, 3.05) is 0 Å². The van der Waals surface area contributed by atoms with Gasteiger partial charge in [0, 0.05) is 43.9 Å². The van der Waals surface area contributed by atoms with Crippen molar-refractivity contribution in [2.24, 2.45) is 9.98 Å². The highest BCUT2D eigenvalue weighted by Crippen LogP contribution is 2.46. The van der Waals surface area contributed by atoms with Gasteiger partial charge in [-0.05, 0) is 70.8 Å². The molecular formula is C57H39N5. The lowest BCUT2D eigenvalue weighted by molar-refractivity contribution is 0.670. The van der Waals surface area contributed by atoms with Crippen LogP contribution < -0.4 is 5.32 Å². The zero-order valence-corrected chi connectivity index (χ0v) is 33.7. The Bertz CT molecular complexity index is 3530. The van der Waals surface area contributed by atoms with Gasteiger partial charge in [0.1, 0.15) is 12.0 Å². The summed E-state index contributed by atoms with van der Waals surface area (Å²) in [5.41, 5.74) is 14.6. The highest BCUT2D eigenvalue weighted by Gasteiger charge is 2.26. The van der Waals surface area contributed by atoms with Crippen LogP contribution in [0.15, 0.2) is 234 Å². The lowest BCUT2D eigenvalue weighted by Crippen LogP contribution is -2.34. The fourth-order valence-electron chi connectivity index (χ4n) is 9.46. The Morgan fingerprint density at radius 2 is 0.935 bits per heavy atom. The van der Waals surface area contributed by atoms with Gasteiger partial charge in [0.05, 0.1) is 27.8 Å². The first-order chi connectivity index (χ1) is 30.8. The van der Waals surface area contributed by atoms with Crippen LogP contribution in [0, 0.1) is 0 Å². The van der Waals surface area contributed by atoms with Crippen LogP contribution in [-0.2, 0) is 0 Å². The molecule has 5 nitrogen and oxygen atoms in total. The van der Waals surface area contributed by atoms with Gasteiger partial charge >= 0.3 is 0 Å². The molecule has 0 fully saturated rings. The minimum atomic E-state index is -0.403. The lowest BCUT2D eigenvalue weighted by Gasteiger charge is -2.26. The Kier molecular flexibility index (Phi) is 8.49. The van der Waals surface area contributed by atoms with Gasteiger partial charge in [-0.25, -0.2) is 9.98 Å². The summed E-state index contributed by atoms with van der Waals surface area (Å²) in [7, 11) is 0. The second-order valence-electron chi connectivity index (χ2n) is 15.8. The smallest absolute Gasteiger partial charge is 0.159 e. The Labute approximate surface area is 359 Å². The van der Waals surface area contributed by atoms with E-state index in [1.807, 2.05) is 24.3 Å². The third-order valence-electron chi connectivity index (χ3n) is 12.2. The van der Waals surface area contributed by atoms with Gasteiger partial charge in [-0.1, -0.05) is 176 Å². The molecule has 0 saturated carbocycles. The Hall–Kier alpha value is -8.28. The minimum Gasteiger partial charge on any atom is -0.344 e. The van der Waals surface area contributed by atoms with Gasteiger partial charge in [0.2, 0.25) is 0 Å². The van der Waals surface area contributed by atoms with E-state index in [-0.39, 0.29) is 0 Å². The van der Waals surface area contributed by atoms with Gasteiger partial charge in [-0.2, -0.15) is 0 Å². The summed E-state index contributed by atoms with van der Waals surface area (Å²) in [5.74, 6) is 1.49. The summed E-state index contributed by atoms with van der Waals surface area (Å²) in [6.45, 7) is 0. The molecule has 11 aromatic rings. The number of nitrogens with zero attached hydrogens (tertiary/aromatic N) is 4. The predicted octanol–water partition coefficient (Wildman–Crippen LogP) is 13.7. The molecule has 0 amide bonds. The molecule has 2 aromatic heterocycles. The van der Waals surface area contributed by atoms with Gasteiger partial charge < -0.3 is 14.5 Å². The van der Waals surface area contributed by atoms with E-state index in [0.717, 1.165) is 44.9 Å². The van der Waals surface area contributed by atoms with Crippen LogP contribution in [0.4, 0.5) is 0 Å². The third-order valence-corrected chi connectivity index (χ3v) is 12.2. The molecule has 0 bridgehead atoms. The maximum Gasteiger partial charge on any atom is 0.159 e. The summed E-state index contributed by atoms with van der Waals surface area (Å²) in [4.78, 5) is 10.4. The van der Waals surface area contributed by atoms with Crippen molar-refractivity contribution in [1.82, 2.24) is 14.5 Å². The number of aliphatic imine (C=N–C) groups is 2. The van der Waals surface area contributed by atoms with Crippen LogP contribution in [0.3, 0.4) is 0 Å². The van der Waals surface area contributed by atoms with E-state index in [0.29, 0.717) is 5.84 Å². The van der Waals surface area contributed by atoms with Gasteiger partial charge in [0.15, 0.2) is 5.84 Å². The number of amidine groups is 2. The number of para-hydroxylation sites is 4. The van der Waals surface area contributed by atoms with Crippen LogP contribution in [0.25, 0.3) is 77.2 Å². The van der Waals surface area contributed by atoms with Crippen LogP contribution >= 0.6 is 0 Å². The normalized spacial score (nSPS) is 14.0. The average Bonchev–Trinajstić information content (AvgIpc) is 3.88. The van der Waals surface area contributed by atoms with Gasteiger partial charge in [-0.3, -0.25) is 0 Å². The number of hydrogen-bond acceptors (Lipinski definition) is 3. The Balaban J connectivity index is 1.12. The molecule has 3 heterocycles. The lowest BCUT2D eigenvalue weighted by atomic mass is 9.92. The predicted molar refractivity (Wildman–Crippen MR) is 258 cm³/mol. The van der Waals surface area contributed by atoms with Crippen LogP contribution in [0.2, 0.25) is 0 Å². The largest absolute Gasteiger partial charge is 0.344 e. The molecule has 0 saturated heterocycles. The zero-order chi connectivity index (χ0) is 41.0. The van der Waals surface area contributed by atoms with E-state index in [2.05, 4.69) is 215 Å². The molecule has 1 unspecified atom stereocenters. The summed E-state index contributed by atoms with van der Waals surface area (Å²) >= 11 is 0. The molecule has 0 radical (unpaired) electrons. The highest BCUT2D eigenvalue weighted by atomic mass is 15.2. The molecule has 0 spiro atoms. The minimum absolute atomic E-state index is 0.403. The van der Waals surface area contributed by atoms with E-state index in [1.54, 1.807) is 0 Å². The van der Waals surface area contributed by atoms with Crippen molar-refractivity contribution < 1.29 is 0 Å². The van der Waals surface area contributed by atoms with Crippen molar-refractivity contribution in [3.63, 3.8) is 0 Å². The molecule has 1 N–H and O–H groups in total. The number of nitrogens with one attached hydrogen (secondary N) is 1. The standard InChI is InChI=1S/C57H39N5/c1-5-20-38(21-6-1)41-36-47(54-44-28-13-16-32-48(44)61(52(54)37-41)42-26-11-4-12-27-42)43-31-19-35-51-53(43)45-29-14-17-33-49(45)62(51)50-34-18-15-30-46(50)57-59-55(39-22-7-2-8-23-39)58-56(60-57)40-24-9-3-10-25-40/h1-37,57H,(H,58,59,60). The molecule has 0 aliphatic carbocycles. The van der Waals surface area contributed by atoms with Gasteiger partial charge in [0.25, 0.3) is 0 Å². The number of benzene rings is 9. The topological polar surface area (TPSA) is 46.6 Å². The number of rotatable bonds is 7. The average molecular weight is 794 g/mol. The molecule has 5 heteroatoms. The van der Waals surface area contributed by atoms with Crippen molar-refractivity contribution in [3.05, 3.63) is 241 Å². The number of fused-ring (bicyclic) bond motifs is 6. The first kappa shape index (κ1) is 35.6. The van der Waals surface area contributed by atoms with Crippen molar-refractivity contribution >= 4 is 55.3 Å². The van der Waals surface area contributed by atoms with Crippen LogP contribution in [0.1, 0.15) is 22.9 Å². The highest BCUT2D eigenvalue weighted by molar-refractivity contribution is 6.23. The van der Waals surface area contributed by atoms with E-state index in [1.165, 1.54) is 54.8 Å². The van der Waals surface area contributed by atoms with Crippen molar-refractivity contribution in [3.8, 4) is 33.6 Å². The first-order valence-electron chi connectivity index (χ1n) is 21.1. The van der Waals surface area contributed by atoms with E-state index in [4.69, 9.17) is 9.98 Å². The second-order valence-corrected chi connectivity index (χ2v) is 15.8. The van der Waals surface area contributed by atoms with Crippen LogP contribution in [-0.4, -0.2) is 20.8 Å². The van der Waals surface area contributed by atoms with Crippen LogP contribution in [0.5, 0.6) is 0 Å². The number of hydrogen-bond donors (Lipinski definition) is 1. The molecule has 1 aliphatic heterocycles. The summed E-state index contributed by atoms with van der Waals surface area (Å²) < 4.78 is 4.86. The first-order valence-corrected chi connectivity index (χ1v) is 21.1. The Morgan fingerprint density at radius 1 is 0.387 bits per heavy atom. The maximum atomic E-state index is 5.33. The molecule has 292 valence electrons. The monoisotopic (exact) mass is 793 g/mol. The molecule has 1 atom stereocenters. The molecule has 1 aliphatic rings. The maximum absolute atomic E-state index is 5.33. The number of aromatic nitrogens is 2. The van der Waals surface area contributed by atoms with Gasteiger partial charge in [-0.15, -0.1) is 0 Å². The van der Waals surface area contributed by atoms with E-state index >= 15 is 0 Å². The fourth-order valence-corrected chi connectivity index (χ4v) is 9.46. The zero-order valence-electron chi connectivity index (χ0n) is 33.7. The molecule has 12 rings (SSSR count). The van der Waals surface area contributed by atoms with Crippen molar-refractivity contribution in [2.45, 2.75) is 6.17 Å². The van der Waals surface area contributed by atoms with Crippen molar-refractivity contribution in [1.29, 1.82) is 0 Å².